The smallest absolute Gasteiger partial charge is 0.276 e. The molecule has 0 fully saturated rings. The van der Waals surface area contributed by atoms with Crippen LogP contribution in [-0.4, -0.2) is 9.91 Å². The summed E-state index contributed by atoms with van der Waals surface area (Å²) in [6, 6.07) is 4.91. The summed E-state index contributed by atoms with van der Waals surface area (Å²) in [4.78, 5) is 14.1. The summed E-state index contributed by atoms with van der Waals surface area (Å²) in [5.74, 6) is -0.107. The van der Waals surface area contributed by atoms with Gasteiger partial charge in [-0.25, -0.2) is 4.39 Å². The summed E-state index contributed by atoms with van der Waals surface area (Å²) >= 11 is 3.23. The van der Waals surface area contributed by atoms with E-state index in [1.54, 1.807) is 12.3 Å². The van der Waals surface area contributed by atoms with E-state index >= 15 is 0 Å². The molecule has 0 unspecified atom stereocenters. The molecule has 2 aromatic rings. The third kappa shape index (κ3) is 3.47. The van der Waals surface area contributed by atoms with Crippen LogP contribution in [0.4, 0.5) is 10.1 Å². The molecule has 0 amide bonds. The zero-order valence-electron chi connectivity index (χ0n) is 9.55. The Labute approximate surface area is 116 Å². The van der Waals surface area contributed by atoms with E-state index in [1.807, 2.05) is 0 Å². The fourth-order valence-electron chi connectivity index (χ4n) is 1.48. The topological polar surface area (TPSA) is 65.3 Å². The second-order valence-electron chi connectivity index (χ2n) is 3.66. The van der Waals surface area contributed by atoms with Crippen molar-refractivity contribution in [1.29, 1.82) is 0 Å². The van der Waals surface area contributed by atoms with E-state index in [9.17, 15) is 14.5 Å². The Bertz CT molecular complexity index is 622. The number of nitro benzene ring substituents is 1. The second-order valence-corrected chi connectivity index (χ2v) is 4.57. The van der Waals surface area contributed by atoms with Crippen LogP contribution in [0.3, 0.4) is 0 Å². The summed E-state index contributed by atoms with van der Waals surface area (Å²) < 4.78 is 19.2. The van der Waals surface area contributed by atoms with Crippen molar-refractivity contribution in [2.45, 2.75) is 6.61 Å². The first kappa shape index (κ1) is 13.4. The first-order chi connectivity index (χ1) is 9.06. The van der Waals surface area contributed by atoms with Gasteiger partial charge in [-0.15, -0.1) is 0 Å². The number of halogens is 2. The molecule has 0 saturated heterocycles. The van der Waals surface area contributed by atoms with Crippen LogP contribution in [0.2, 0.25) is 0 Å². The van der Waals surface area contributed by atoms with Crippen molar-refractivity contribution < 1.29 is 14.1 Å². The van der Waals surface area contributed by atoms with Crippen molar-refractivity contribution >= 4 is 21.6 Å². The van der Waals surface area contributed by atoms with E-state index < -0.39 is 10.7 Å². The lowest BCUT2D eigenvalue weighted by molar-refractivity contribution is -0.385. The molecule has 5 nitrogen and oxygen atoms in total. The first-order valence-corrected chi connectivity index (χ1v) is 6.02. The van der Waals surface area contributed by atoms with Crippen LogP contribution in [0.15, 0.2) is 41.1 Å². The van der Waals surface area contributed by atoms with E-state index in [2.05, 4.69) is 20.9 Å². The third-order valence-corrected chi connectivity index (χ3v) is 2.75. The maximum absolute atomic E-state index is 13.1. The van der Waals surface area contributed by atoms with Crippen LogP contribution in [0, 0.1) is 15.9 Å². The Morgan fingerprint density at radius 1 is 1.37 bits per heavy atom. The molecule has 7 heteroatoms. The molecule has 0 radical (unpaired) electrons. The molecule has 2 rings (SSSR count). The van der Waals surface area contributed by atoms with Gasteiger partial charge in [0, 0.05) is 16.7 Å². The van der Waals surface area contributed by atoms with Gasteiger partial charge in [0.15, 0.2) is 0 Å². The van der Waals surface area contributed by atoms with E-state index in [-0.39, 0.29) is 17.9 Å². The monoisotopic (exact) mass is 326 g/mol. The number of hydrogen-bond acceptors (Lipinski definition) is 4. The largest absolute Gasteiger partial charge is 0.487 e. The molecule has 1 aromatic heterocycles. The molecule has 0 aliphatic rings. The van der Waals surface area contributed by atoms with Gasteiger partial charge in [0.2, 0.25) is 0 Å². The molecule has 19 heavy (non-hydrogen) atoms. The minimum Gasteiger partial charge on any atom is -0.487 e. The molecule has 0 N–H and O–H groups in total. The van der Waals surface area contributed by atoms with Crippen LogP contribution >= 0.6 is 15.9 Å². The van der Waals surface area contributed by atoms with Gasteiger partial charge in [-0.3, -0.25) is 15.1 Å². The van der Waals surface area contributed by atoms with Crippen LogP contribution < -0.4 is 4.74 Å². The Hall–Kier alpha value is -2.02. The predicted octanol–water partition coefficient (Wildman–Crippen LogP) is 3.47. The van der Waals surface area contributed by atoms with Gasteiger partial charge >= 0.3 is 0 Å². The molecule has 1 aromatic carbocycles. The zero-order chi connectivity index (χ0) is 13.8. The van der Waals surface area contributed by atoms with Gasteiger partial charge in [-0.05, 0) is 34.1 Å². The van der Waals surface area contributed by atoms with E-state index in [4.69, 9.17) is 4.74 Å². The fourth-order valence-corrected chi connectivity index (χ4v) is 1.82. The third-order valence-electron chi connectivity index (χ3n) is 2.31. The molecular formula is C12H8BrFN2O3. The molecule has 1 heterocycles. The fraction of sp³-hybridized carbons (Fsp3) is 0.0833. The molecule has 0 aliphatic carbocycles. The molecule has 0 atom stereocenters. The maximum atomic E-state index is 13.1. The van der Waals surface area contributed by atoms with Gasteiger partial charge < -0.3 is 4.74 Å². The highest BCUT2D eigenvalue weighted by atomic mass is 79.9. The summed E-state index contributed by atoms with van der Waals surface area (Å²) in [6.07, 6.45) is 3.05. The van der Waals surface area contributed by atoms with E-state index in [1.165, 1.54) is 6.20 Å². The second kappa shape index (κ2) is 5.75. The number of benzene rings is 1. The molecule has 0 spiro atoms. The highest BCUT2D eigenvalue weighted by Crippen LogP contribution is 2.22. The number of nitrogens with zero attached hydrogens (tertiary/aromatic N) is 2. The minimum atomic E-state index is -0.572. The van der Waals surface area contributed by atoms with Crippen molar-refractivity contribution in [3.8, 4) is 5.75 Å². The quantitative estimate of drug-likeness (QED) is 0.637. The lowest BCUT2D eigenvalue weighted by Crippen LogP contribution is -2.01. The average Bonchev–Trinajstić information content (AvgIpc) is 2.36. The normalized spacial score (nSPS) is 10.2. The van der Waals surface area contributed by atoms with Crippen molar-refractivity contribution in [3.05, 3.63) is 62.6 Å². The SMILES string of the molecule is O=[N+]([O-])c1ccc(F)cc1COc1cncc(Br)c1. The summed E-state index contributed by atoms with van der Waals surface area (Å²) in [6.45, 7) is -0.105. The van der Waals surface area contributed by atoms with Gasteiger partial charge in [-0.2, -0.15) is 0 Å². The molecule has 0 saturated carbocycles. The van der Waals surface area contributed by atoms with E-state index in [0.717, 1.165) is 22.7 Å². The van der Waals surface area contributed by atoms with Crippen molar-refractivity contribution in [2.75, 3.05) is 0 Å². The number of hydrogen-bond donors (Lipinski definition) is 0. The highest BCUT2D eigenvalue weighted by Gasteiger charge is 2.15. The first-order valence-electron chi connectivity index (χ1n) is 5.22. The van der Waals surface area contributed by atoms with Crippen LogP contribution in [0.5, 0.6) is 5.75 Å². The van der Waals surface area contributed by atoms with Crippen molar-refractivity contribution in [2.24, 2.45) is 0 Å². The van der Waals surface area contributed by atoms with Gasteiger partial charge in [0.05, 0.1) is 16.7 Å². The van der Waals surface area contributed by atoms with Crippen LogP contribution in [-0.2, 0) is 6.61 Å². The van der Waals surface area contributed by atoms with Crippen molar-refractivity contribution in [3.63, 3.8) is 0 Å². The van der Waals surface area contributed by atoms with Gasteiger partial charge in [-0.1, -0.05) is 0 Å². The highest BCUT2D eigenvalue weighted by molar-refractivity contribution is 9.10. The zero-order valence-corrected chi connectivity index (χ0v) is 11.1. The molecule has 98 valence electrons. The molecule has 0 aliphatic heterocycles. The summed E-state index contributed by atoms with van der Waals surface area (Å²) in [7, 11) is 0. The number of pyridine rings is 1. The number of aromatic nitrogens is 1. The molecular weight excluding hydrogens is 319 g/mol. The Morgan fingerprint density at radius 2 is 2.16 bits per heavy atom. The number of ether oxygens (including phenoxy) is 1. The lowest BCUT2D eigenvalue weighted by Gasteiger charge is -2.06. The van der Waals surface area contributed by atoms with E-state index in [0.29, 0.717) is 5.75 Å². The Kier molecular flexibility index (Phi) is 4.06. The molecule has 0 bridgehead atoms. The average molecular weight is 327 g/mol. The lowest BCUT2D eigenvalue weighted by atomic mass is 10.2. The van der Waals surface area contributed by atoms with Crippen LogP contribution in [0.25, 0.3) is 0 Å². The maximum Gasteiger partial charge on any atom is 0.276 e. The van der Waals surface area contributed by atoms with Gasteiger partial charge in [0.25, 0.3) is 5.69 Å². The minimum absolute atomic E-state index is 0.105. The number of nitro groups is 1. The standard InChI is InChI=1S/C12H8BrFN2O3/c13-9-4-11(6-15-5-9)19-7-8-3-10(14)1-2-12(8)16(17)18/h1-6H,7H2. The Balaban J connectivity index is 2.19. The number of rotatable bonds is 4. The van der Waals surface area contributed by atoms with Crippen LogP contribution in [0.1, 0.15) is 5.56 Å². The van der Waals surface area contributed by atoms with Gasteiger partial charge in [0.1, 0.15) is 18.2 Å². The Morgan fingerprint density at radius 3 is 2.84 bits per heavy atom. The predicted molar refractivity (Wildman–Crippen MR) is 69.3 cm³/mol. The summed E-state index contributed by atoms with van der Waals surface area (Å²) in [5.41, 5.74) is -0.00525. The summed E-state index contributed by atoms with van der Waals surface area (Å²) in [5, 5.41) is 10.8. The van der Waals surface area contributed by atoms with Crippen molar-refractivity contribution in [1.82, 2.24) is 4.98 Å².